The highest BCUT2D eigenvalue weighted by molar-refractivity contribution is 6.11. The van der Waals surface area contributed by atoms with E-state index in [0.29, 0.717) is 0 Å². The minimum atomic E-state index is -0.407. The largest absolute Gasteiger partial charge is 0.456 e. The van der Waals surface area contributed by atoms with E-state index in [1.54, 1.807) is 0 Å². The van der Waals surface area contributed by atoms with Crippen LogP contribution >= 0.6 is 0 Å². The number of aryl methyl sites for hydroxylation is 1. The fraction of sp³-hybridized carbons (Fsp3) is 0.141. The average Bonchev–Trinajstić information content (AvgIpc) is 3.97. The molecule has 0 spiro atoms. The third-order valence-corrected chi connectivity index (χ3v) is 12.9. The van der Waals surface area contributed by atoms with Crippen molar-refractivity contribution in [1.82, 2.24) is 9.88 Å². The van der Waals surface area contributed by atoms with E-state index < -0.39 is 5.41 Å². The van der Waals surface area contributed by atoms with Crippen LogP contribution in [0.5, 0.6) is 0 Å². The number of rotatable bonds is 11. The number of hydrogen-bond donors (Lipinski definition) is 2. The molecule has 2 heterocycles. The summed E-state index contributed by atoms with van der Waals surface area (Å²) in [5.41, 5.74) is 15.5. The van der Waals surface area contributed by atoms with Crippen molar-refractivity contribution in [3.63, 3.8) is 0 Å². The van der Waals surface area contributed by atoms with Gasteiger partial charge in [-0.1, -0.05) is 203 Å². The molecule has 0 saturated heterocycles. The molecule has 0 saturated carbocycles. The lowest BCUT2D eigenvalue weighted by Crippen LogP contribution is -2.26. The zero-order chi connectivity index (χ0) is 47.3. The molecule has 4 nitrogen and oxygen atoms in total. The number of hydrogen-bond acceptors (Lipinski definition) is 3. The number of aromatic nitrogens is 1. The second-order valence-electron chi connectivity index (χ2n) is 16.8. The summed E-state index contributed by atoms with van der Waals surface area (Å²) in [5.74, 6) is 0. The quantitative estimate of drug-likeness (QED) is 0.0772. The summed E-state index contributed by atoms with van der Waals surface area (Å²) in [6.07, 6.45) is 2.00. The first-order valence-corrected chi connectivity index (χ1v) is 23.9. The molecule has 11 rings (SSSR count). The van der Waals surface area contributed by atoms with Crippen molar-refractivity contribution in [2.45, 2.75) is 52.5 Å². The Morgan fingerprint density at radius 1 is 0.529 bits per heavy atom. The van der Waals surface area contributed by atoms with E-state index in [4.69, 9.17) is 9.83 Å². The average molecular weight is 888 g/mol. The molecule has 4 heteroatoms. The van der Waals surface area contributed by atoms with Gasteiger partial charge in [-0.05, 0) is 120 Å². The number of nitrogens with zero attached hydrogens (tertiary/aromatic N) is 1. The molecule has 0 fully saturated rings. The van der Waals surface area contributed by atoms with Gasteiger partial charge in [-0.3, -0.25) is 0 Å². The van der Waals surface area contributed by atoms with Gasteiger partial charge in [-0.2, -0.15) is 0 Å². The number of benzene rings is 9. The molecule has 0 radical (unpaired) electrons. The van der Waals surface area contributed by atoms with Gasteiger partial charge in [0.05, 0.1) is 11.0 Å². The first kappa shape index (κ1) is 46.7. The molecule has 0 amide bonds. The van der Waals surface area contributed by atoms with Gasteiger partial charge in [-0.25, -0.2) is 0 Å². The van der Waals surface area contributed by atoms with E-state index in [1.807, 2.05) is 32.0 Å². The fourth-order valence-electron chi connectivity index (χ4n) is 9.64. The van der Waals surface area contributed by atoms with Crippen LogP contribution in [0.25, 0.3) is 60.6 Å². The van der Waals surface area contributed by atoms with Crippen molar-refractivity contribution < 1.29 is 4.42 Å². The molecule has 2 N–H and O–H groups in total. The molecular weight excluding hydrogens is 827 g/mol. The highest BCUT2D eigenvalue weighted by Crippen LogP contribution is 2.46. The van der Waals surface area contributed by atoms with Crippen LogP contribution in [-0.4, -0.2) is 17.8 Å². The van der Waals surface area contributed by atoms with E-state index in [-0.39, 0.29) is 0 Å². The normalized spacial score (nSPS) is 11.1. The third-order valence-electron chi connectivity index (χ3n) is 12.9. The van der Waals surface area contributed by atoms with Crippen molar-refractivity contribution in [1.29, 1.82) is 5.41 Å². The van der Waals surface area contributed by atoms with Crippen LogP contribution < -0.4 is 5.32 Å². The predicted molar refractivity (Wildman–Crippen MR) is 291 cm³/mol. The van der Waals surface area contributed by atoms with Crippen molar-refractivity contribution in [3.05, 3.63) is 258 Å². The van der Waals surface area contributed by atoms with E-state index >= 15 is 0 Å². The van der Waals surface area contributed by atoms with Gasteiger partial charge < -0.3 is 19.7 Å². The van der Waals surface area contributed by atoms with E-state index in [0.717, 1.165) is 37.1 Å². The molecule has 0 aliphatic heterocycles. The number of furan rings is 1. The van der Waals surface area contributed by atoms with Gasteiger partial charge in [0.15, 0.2) is 0 Å². The van der Waals surface area contributed by atoms with Crippen molar-refractivity contribution in [2.24, 2.45) is 0 Å². The van der Waals surface area contributed by atoms with Gasteiger partial charge in [0.25, 0.3) is 0 Å². The smallest absolute Gasteiger partial charge is 0.135 e. The topological polar surface area (TPSA) is 54.0 Å². The van der Waals surface area contributed by atoms with E-state index in [2.05, 4.69) is 237 Å². The highest BCUT2D eigenvalue weighted by Gasteiger charge is 2.34. The number of fused-ring (bicyclic) bond motifs is 6. The summed E-state index contributed by atoms with van der Waals surface area (Å²) in [6, 6.07) is 80.8. The van der Waals surface area contributed by atoms with Crippen LogP contribution in [0.3, 0.4) is 0 Å². The third kappa shape index (κ3) is 9.55. The molecule has 68 heavy (non-hydrogen) atoms. The first-order chi connectivity index (χ1) is 33.6. The maximum Gasteiger partial charge on any atom is 0.135 e. The Hall–Kier alpha value is -7.79. The van der Waals surface area contributed by atoms with Crippen molar-refractivity contribution >= 4 is 50.5 Å². The molecule has 11 aromatic rings. The zero-order valence-corrected chi connectivity index (χ0v) is 39.8. The lowest BCUT2D eigenvalue weighted by molar-refractivity contribution is 0.668. The van der Waals surface area contributed by atoms with Crippen LogP contribution in [0.1, 0.15) is 61.1 Å². The molecule has 0 atom stereocenters. The van der Waals surface area contributed by atoms with Crippen LogP contribution in [0.4, 0.5) is 0 Å². The summed E-state index contributed by atoms with van der Waals surface area (Å²) in [4.78, 5) is 0. The Morgan fingerprint density at radius 3 is 1.76 bits per heavy atom. The first-order valence-electron chi connectivity index (χ1n) is 23.9. The standard InChI is InChI=1S/C47H40N2.C14H12O.C2H6.CH3N/c1-47(38-22-10-4-11-23-38,39-24-12-5-13-25-39)44-33-46-43(32-42(44)37-20-8-3-9-21-37)41-27-14-15-28-45(41)49(46)40-26-16-19-35(31-40)29-30-48-34-36-17-6-2-7-18-36;1-2-10-6-5-9-13-14(10)11-7-3-4-8-12(11)15-13;2*1-2/h2-28,31-33,48H,29-30,34H2,1H3;3-9H,2H2,1H3;1-2H3;2H,1H2. The molecular formula is C64H61N3O. The fourth-order valence-corrected chi connectivity index (χ4v) is 9.64. The van der Waals surface area contributed by atoms with Crippen LogP contribution in [-0.2, 0) is 24.8 Å². The summed E-state index contributed by atoms with van der Waals surface area (Å²) in [7, 11) is 0. The Morgan fingerprint density at radius 2 is 1.09 bits per heavy atom. The van der Waals surface area contributed by atoms with Gasteiger partial charge in [0, 0.05) is 39.2 Å². The predicted octanol–water partition coefficient (Wildman–Crippen LogP) is 16.6. The maximum absolute atomic E-state index is 5.79. The van der Waals surface area contributed by atoms with E-state index in [1.165, 1.54) is 82.8 Å². The van der Waals surface area contributed by atoms with E-state index in [9.17, 15) is 0 Å². The Labute approximate surface area is 402 Å². The summed E-state index contributed by atoms with van der Waals surface area (Å²) < 4.78 is 8.27. The Bertz CT molecular complexity index is 3300. The molecule has 9 aromatic carbocycles. The summed E-state index contributed by atoms with van der Waals surface area (Å²) in [5, 5.41) is 14.2. The molecule has 338 valence electrons. The molecule has 0 aliphatic carbocycles. The molecule has 0 aliphatic rings. The van der Waals surface area contributed by atoms with Crippen LogP contribution in [0.15, 0.2) is 229 Å². The Kier molecular flexibility index (Phi) is 15.2. The monoisotopic (exact) mass is 887 g/mol. The van der Waals surface area contributed by atoms with Crippen LogP contribution in [0.2, 0.25) is 0 Å². The lowest BCUT2D eigenvalue weighted by Gasteiger charge is -2.34. The summed E-state index contributed by atoms with van der Waals surface area (Å²) in [6.45, 7) is 12.9. The van der Waals surface area contributed by atoms with Crippen molar-refractivity contribution in [2.75, 3.05) is 6.54 Å². The highest BCUT2D eigenvalue weighted by atomic mass is 16.3. The summed E-state index contributed by atoms with van der Waals surface area (Å²) >= 11 is 0. The van der Waals surface area contributed by atoms with Gasteiger partial charge in [-0.15, -0.1) is 0 Å². The van der Waals surface area contributed by atoms with Gasteiger partial charge >= 0.3 is 0 Å². The van der Waals surface area contributed by atoms with Crippen LogP contribution in [0, 0.1) is 5.41 Å². The SMILES string of the molecule is C=N.CC.CC(c1ccccc1)(c1ccccc1)c1cc2c(cc1-c1ccccc1)c1ccccc1n2-c1cccc(CCNCc2ccccc2)c1.CCc1cccc2oc3ccccc3c12. The molecule has 0 unspecified atom stereocenters. The Balaban J connectivity index is 0.000000275. The molecule has 0 bridgehead atoms. The van der Waals surface area contributed by atoms with Gasteiger partial charge in [0.2, 0.25) is 0 Å². The maximum atomic E-state index is 5.79. The second-order valence-corrected chi connectivity index (χ2v) is 16.8. The lowest BCUT2D eigenvalue weighted by atomic mass is 9.68. The zero-order valence-electron chi connectivity index (χ0n) is 39.8. The minimum absolute atomic E-state index is 0.407. The minimum Gasteiger partial charge on any atom is -0.456 e. The second kappa shape index (κ2) is 22.1. The molecule has 2 aromatic heterocycles. The number of nitrogens with one attached hydrogen (secondary N) is 2. The number of para-hydroxylation sites is 2. The van der Waals surface area contributed by atoms with Gasteiger partial charge in [0.1, 0.15) is 11.2 Å². The van der Waals surface area contributed by atoms with Crippen molar-refractivity contribution in [3.8, 4) is 16.8 Å².